The van der Waals surface area contributed by atoms with Crippen LogP contribution in [-0.4, -0.2) is 12.2 Å². The van der Waals surface area contributed by atoms with Crippen LogP contribution in [0, 0.1) is 5.82 Å². The maximum absolute atomic E-state index is 12.8. The third-order valence-electron chi connectivity index (χ3n) is 3.00. The van der Waals surface area contributed by atoms with E-state index < -0.39 is 5.97 Å². The van der Waals surface area contributed by atoms with Gasteiger partial charge in [0.15, 0.2) is 0 Å². The Labute approximate surface area is 131 Å². The van der Waals surface area contributed by atoms with Gasteiger partial charge < -0.3 is 9.15 Å². The molecule has 0 unspecified atom stereocenters. The van der Waals surface area contributed by atoms with Gasteiger partial charge in [-0.05, 0) is 66.2 Å². The predicted molar refractivity (Wildman–Crippen MR) is 83.8 cm³/mol. The number of benzene rings is 2. The molecule has 3 rings (SSSR count). The molecule has 4 nitrogen and oxygen atoms in total. The number of rotatable bonds is 4. The average Bonchev–Trinajstić information content (AvgIpc) is 3.10. The Kier molecular flexibility index (Phi) is 4.29. The van der Waals surface area contributed by atoms with Crippen molar-refractivity contribution in [3.63, 3.8) is 0 Å². The van der Waals surface area contributed by atoms with Crippen molar-refractivity contribution in [3.05, 3.63) is 84.1 Å². The topological polar surface area (TPSA) is 51.8 Å². The lowest BCUT2D eigenvalue weighted by molar-refractivity contribution is 0.0701. The van der Waals surface area contributed by atoms with Gasteiger partial charge in [0, 0.05) is 6.21 Å². The van der Waals surface area contributed by atoms with Crippen LogP contribution in [0.5, 0.6) is 5.75 Å². The Morgan fingerprint density at radius 1 is 1.04 bits per heavy atom. The van der Waals surface area contributed by atoms with Crippen LogP contribution in [0.25, 0.3) is 0 Å². The molecule has 1 aromatic heterocycles. The van der Waals surface area contributed by atoms with Crippen molar-refractivity contribution in [2.45, 2.75) is 0 Å². The fourth-order valence-corrected chi connectivity index (χ4v) is 1.85. The molecule has 114 valence electrons. The maximum atomic E-state index is 12.8. The molecule has 0 bridgehead atoms. The second kappa shape index (κ2) is 6.70. The standard InChI is InChI=1S/C18H12FNO3/c19-14-5-7-15(8-6-14)20-12-13-3-9-16(10-4-13)23-18(21)17-2-1-11-22-17/h1-12H/b20-12+. The van der Waals surface area contributed by atoms with Crippen molar-refractivity contribution >= 4 is 17.9 Å². The molecule has 0 radical (unpaired) electrons. The Morgan fingerprint density at radius 2 is 1.78 bits per heavy atom. The molecule has 0 saturated heterocycles. The van der Waals surface area contributed by atoms with Gasteiger partial charge in [0.05, 0.1) is 12.0 Å². The minimum atomic E-state index is -0.553. The summed E-state index contributed by atoms with van der Waals surface area (Å²) in [6.45, 7) is 0. The molecule has 5 heteroatoms. The van der Waals surface area contributed by atoms with E-state index in [1.165, 1.54) is 24.5 Å². The average molecular weight is 309 g/mol. The predicted octanol–water partition coefficient (Wildman–Crippen LogP) is 4.39. The van der Waals surface area contributed by atoms with E-state index in [4.69, 9.17) is 9.15 Å². The molecule has 23 heavy (non-hydrogen) atoms. The fraction of sp³-hybridized carbons (Fsp3) is 0. The van der Waals surface area contributed by atoms with E-state index in [1.54, 1.807) is 48.7 Å². The van der Waals surface area contributed by atoms with Gasteiger partial charge in [-0.3, -0.25) is 4.99 Å². The highest BCUT2D eigenvalue weighted by Crippen LogP contribution is 2.15. The molecule has 0 aliphatic carbocycles. The first-order chi connectivity index (χ1) is 11.2. The summed E-state index contributed by atoms with van der Waals surface area (Å²) in [7, 11) is 0. The molecule has 0 N–H and O–H groups in total. The molecule has 0 fully saturated rings. The lowest BCUT2D eigenvalue weighted by atomic mass is 10.2. The maximum Gasteiger partial charge on any atom is 0.379 e. The summed E-state index contributed by atoms with van der Waals surface area (Å²) >= 11 is 0. The van der Waals surface area contributed by atoms with Crippen LogP contribution in [0.4, 0.5) is 10.1 Å². The quantitative estimate of drug-likeness (QED) is 0.408. The first-order valence-electron chi connectivity index (χ1n) is 6.86. The molecule has 0 saturated carbocycles. The molecule has 0 spiro atoms. The number of hydrogen-bond donors (Lipinski definition) is 0. The summed E-state index contributed by atoms with van der Waals surface area (Å²) in [5.74, 6) is -0.299. The summed E-state index contributed by atoms with van der Waals surface area (Å²) in [6.07, 6.45) is 3.05. The molecular weight excluding hydrogens is 297 g/mol. The van der Waals surface area contributed by atoms with Crippen LogP contribution >= 0.6 is 0 Å². The van der Waals surface area contributed by atoms with E-state index in [-0.39, 0.29) is 11.6 Å². The minimum Gasteiger partial charge on any atom is -0.457 e. The number of ether oxygens (including phenoxy) is 1. The Bertz CT molecular complexity index is 806. The van der Waals surface area contributed by atoms with Crippen LogP contribution in [0.15, 0.2) is 76.3 Å². The lowest BCUT2D eigenvalue weighted by Crippen LogP contribution is -2.06. The fourth-order valence-electron chi connectivity index (χ4n) is 1.85. The lowest BCUT2D eigenvalue weighted by Gasteiger charge is -2.02. The minimum absolute atomic E-state index is 0.145. The van der Waals surface area contributed by atoms with Crippen LogP contribution in [-0.2, 0) is 0 Å². The van der Waals surface area contributed by atoms with E-state index in [9.17, 15) is 9.18 Å². The van der Waals surface area contributed by atoms with E-state index in [1.807, 2.05) is 0 Å². The van der Waals surface area contributed by atoms with Crippen molar-refractivity contribution in [3.8, 4) is 5.75 Å². The Balaban J connectivity index is 1.65. The van der Waals surface area contributed by atoms with Gasteiger partial charge in [0.1, 0.15) is 11.6 Å². The molecule has 0 atom stereocenters. The summed E-state index contributed by atoms with van der Waals surface area (Å²) in [5, 5.41) is 0. The van der Waals surface area contributed by atoms with Gasteiger partial charge in [-0.25, -0.2) is 9.18 Å². The third kappa shape index (κ3) is 3.91. The molecule has 0 aliphatic rings. The summed E-state index contributed by atoms with van der Waals surface area (Å²) in [6, 6.07) is 15.9. The number of furan rings is 1. The van der Waals surface area contributed by atoms with Gasteiger partial charge in [0.2, 0.25) is 5.76 Å². The van der Waals surface area contributed by atoms with E-state index in [2.05, 4.69) is 4.99 Å². The number of carbonyl (C=O) groups is 1. The number of carbonyl (C=O) groups excluding carboxylic acids is 1. The number of aliphatic imine (C=N–C) groups is 1. The first kappa shape index (κ1) is 14.7. The largest absolute Gasteiger partial charge is 0.457 e. The van der Waals surface area contributed by atoms with Gasteiger partial charge in [0.25, 0.3) is 0 Å². The van der Waals surface area contributed by atoms with Crippen molar-refractivity contribution < 1.29 is 18.3 Å². The normalized spacial score (nSPS) is 10.8. The Hall–Kier alpha value is -3.21. The highest BCUT2D eigenvalue weighted by Gasteiger charge is 2.10. The van der Waals surface area contributed by atoms with E-state index in [0.717, 1.165) is 5.56 Å². The zero-order chi connectivity index (χ0) is 16.1. The smallest absolute Gasteiger partial charge is 0.379 e. The highest BCUT2D eigenvalue weighted by molar-refractivity contribution is 5.88. The number of esters is 1. The van der Waals surface area contributed by atoms with Crippen LogP contribution in [0.2, 0.25) is 0 Å². The molecular formula is C18H12FNO3. The third-order valence-corrected chi connectivity index (χ3v) is 3.00. The summed E-state index contributed by atoms with van der Waals surface area (Å²) in [5.41, 5.74) is 1.48. The van der Waals surface area contributed by atoms with Crippen LogP contribution in [0.1, 0.15) is 16.1 Å². The second-order valence-corrected chi connectivity index (χ2v) is 4.67. The SMILES string of the molecule is O=C(Oc1ccc(/C=N/c2ccc(F)cc2)cc1)c1ccco1. The zero-order valence-corrected chi connectivity index (χ0v) is 12.0. The molecule has 0 amide bonds. The van der Waals surface area contributed by atoms with Gasteiger partial charge in [-0.1, -0.05) is 0 Å². The Morgan fingerprint density at radius 3 is 2.43 bits per heavy atom. The number of halogens is 1. The second-order valence-electron chi connectivity index (χ2n) is 4.67. The first-order valence-corrected chi connectivity index (χ1v) is 6.86. The van der Waals surface area contributed by atoms with Gasteiger partial charge >= 0.3 is 5.97 Å². The molecule has 3 aromatic rings. The monoisotopic (exact) mass is 309 g/mol. The zero-order valence-electron chi connectivity index (χ0n) is 12.0. The number of hydrogen-bond acceptors (Lipinski definition) is 4. The summed E-state index contributed by atoms with van der Waals surface area (Å²) < 4.78 is 22.9. The van der Waals surface area contributed by atoms with Gasteiger partial charge in [-0.2, -0.15) is 0 Å². The van der Waals surface area contributed by atoms with E-state index >= 15 is 0 Å². The van der Waals surface area contributed by atoms with Crippen molar-refractivity contribution in [2.75, 3.05) is 0 Å². The highest BCUT2D eigenvalue weighted by atomic mass is 19.1. The number of nitrogens with zero attached hydrogens (tertiary/aromatic N) is 1. The van der Waals surface area contributed by atoms with Crippen LogP contribution < -0.4 is 4.74 Å². The van der Waals surface area contributed by atoms with E-state index in [0.29, 0.717) is 11.4 Å². The molecule has 0 aliphatic heterocycles. The molecule has 1 heterocycles. The van der Waals surface area contributed by atoms with Crippen molar-refractivity contribution in [2.24, 2.45) is 4.99 Å². The van der Waals surface area contributed by atoms with Crippen molar-refractivity contribution in [1.29, 1.82) is 0 Å². The van der Waals surface area contributed by atoms with Crippen LogP contribution in [0.3, 0.4) is 0 Å². The van der Waals surface area contributed by atoms with Gasteiger partial charge in [-0.15, -0.1) is 0 Å². The molecule has 2 aromatic carbocycles. The summed E-state index contributed by atoms with van der Waals surface area (Å²) in [4.78, 5) is 16.0. The van der Waals surface area contributed by atoms with Crippen molar-refractivity contribution in [1.82, 2.24) is 0 Å².